The average molecular weight is 361 g/mol. The van der Waals surface area contributed by atoms with Crippen molar-refractivity contribution in [3.8, 4) is 0 Å². The Morgan fingerprint density at radius 1 is 0.704 bits per heavy atom. The largest absolute Gasteiger partial charge is 0.309 e. The first kappa shape index (κ1) is 17.0. The zero-order valence-corrected chi connectivity index (χ0v) is 15.9. The Labute approximate surface area is 162 Å². The molecule has 0 N–H and O–H groups in total. The number of para-hydroxylation sites is 1. The van der Waals surface area contributed by atoms with Crippen LogP contribution in [0.5, 0.6) is 0 Å². The van der Waals surface area contributed by atoms with E-state index in [1.165, 1.54) is 36.1 Å². The van der Waals surface area contributed by atoms with E-state index in [4.69, 9.17) is 0 Å². The third-order valence-corrected chi connectivity index (χ3v) is 6.83. The van der Waals surface area contributed by atoms with Crippen LogP contribution in [0.2, 0.25) is 0 Å². The van der Waals surface area contributed by atoms with E-state index in [1.807, 2.05) is 0 Å². The van der Waals surface area contributed by atoms with E-state index in [9.17, 15) is 4.79 Å². The van der Waals surface area contributed by atoms with Gasteiger partial charge in [-0.2, -0.15) is 0 Å². The molecule has 1 amide bonds. The Bertz CT molecular complexity index is 838. The van der Waals surface area contributed by atoms with Crippen molar-refractivity contribution in [2.45, 2.75) is 57.0 Å². The minimum absolute atomic E-state index is 0.318. The van der Waals surface area contributed by atoms with Gasteiger partial charge in [-0.3, -0.25) is 9.69 Å². The molecule has 1 unspecified atom stereocenters. The predicted octanol–water partition coefficient (Wildman–Crippen LogP) is 3.99. The van der Waals surface area contributed by atoms with Gasteiger partial charge in [0, 0.05) is 37.3 Å². The highest BCUT2D eigenvalue weighted by Gasteiger charge is 2.34. The second kappa shape index (κ2) is 7.12. The summed E-state index contributed by atoms with van der Waals surface area (Å²) in [6, 6.07) is 18.5. The summed E-state index contributed by atoms with van der Waals surface area (Å²) in [5.74, 6) is 0.318. The van der Waals surface area contributed by atoms with Gasteiger partial charge in [-0.1, -0.05) is 42.5 Å². The molecule has 2 aromatic carbocycles. The standard InChI is InChI=1S/C24H28N2O/c27-24-12-10-19-6-3-4-8-23(19)26(24)21-13-15-25(16-14-21)22-11-9-18-5-1-2-7-20(18)17-22/h1-8,21-22H,9-17H2. The lowest BCUT2D eigenvalue weighted by atomic mass is 9.86. The van der Waals surface area contributed by atoms with E-state index < -0.39 is 0 Å². The number of hydrogen-bond donors (Lipinski definition) is 0. The number of benzene rings is 2. The highest BCUT2D eigenvalue weighted by Crippen LogP contribution is 2.33. The Balaban J connectivity index is 1.27. The van der Waals surface area contributed by atoms with Gasteiger partial charge in [0.1, 0.15) is 0 Å². The zero-order chi connectivity index (χ0) is 18.2. The van der Waals surface area contributed by atoms with Crippen LogP contribution < -0.4 is 4.90 Å². The summed E-state index contributed by atoms with van der Waals surface area (Å²) >= 11 is 0. The van der Waals surface area contributed by atoms with Crippen molar-refractivity contribution in [1.29, 1.82) is 0 Å². The number of hydrogen-bond acceptors (Lipinski definition) is 2. The van der Waals surface area contributed by atoms with Crippen molar-refractivity contribution in [2.75, 3.05) is 18.0 Å². The van der Waals surface area contributed by atoms with Gasteiger partial charge in [0.15, 0.2) is 0 Å². The second-order valence-electron chi connectivity index (χ2n) is 8.32. The SMILES string of the molecule is O=C1CCc2ccccc2N1C1CCN(C2CCc3ccccc3C2)CC1. The molecule has 0 bridgehead atoms. The molecule has 140 valence electrons. The average Bonchev–Trinajstić information content (AvgIpc) is 2.73. The van der Waals surface area contributed by atoms with Crippen molar-refractivity contribution in [3.05, 3.63) is 65.2 Å². The van der Waals surface area contributed by atoms with Gasteiger partial charge in [-0.15, -0.1) is 0 Å². The van der Waals surface area contributed by atoms with Crippen molar-refractivity contribution < 1.29 is 4.79 Å². The molecule has 1 fully saturated rings. The van der Waals surface area contributed by atoms with Gasteiger partial charge in [-0.25, -0.2) is 0 Å². The maximum absolute atomic E-state index is 12.7. The first-order valence-electron chi connectivity index (χ1n) is 10.5. The van der Waals surface area contributed by atoms with Gasteiger partial charge in [-0.05, 0) is 61.3 Å². The number of nitrogens with zero attached hydrogens (tertiary/aromatic N) is 2. The number of carbonyl (C=O) groups excluding carboxylic acids is 1. The molecule has 1 atom stereocenters. The summed E-state index contributed by atoms with van der Waals surface area (Å²) in [5.41, 5.74) is 5.58. The van der Waals surface area contributed by atoms with Crippen molar-refractivity contribution in [2.24, 2.45) is 0 Å². The smallest absolute Gasteiger partial charge is 0.227 e. The van der Waals surface area contributed by atoms with Crippen LogP contribution in [-0.4, -0.2) is 36.0 Å². The molecule has 1 aliphatic carbocycles. The van der Waals surface area contributed by atoms with Gasteiger partial charge < -0.3 is 4.90 Å². The monoisotopic (exact) mass is 360 g/mol. The van der Waals surface area contributed by atoms with E-state index in [0.29, 0.717) is 24.4 Å². The molecule has 3 aliphatic rings. The molecule has 27 heavy (non-hydrogen) atoms. The summed E-state index contributed by atoms with van der Waals surface area (Å²) < 4.78 is 0. The zero-order valence-electron chi connectivity index (χ0n) is 15.9. The van der Waals surface area contributed by atoms with Crippen LogP contribution in [-0.2, 0) is 24.1 Å². The van der Waals surface area contributed by atoms with Crippen LogP contribution in [0.15, 0.2) is 48.5 Å². The normalized spacial score (nSPS) is 23.8. The number of amides is 1. The van der Waals surface area contributed by atoms with Crippen LogP contribution in [0.1, 0.15) is 42.4 Å². The summed E-state index contributed by atoms with van der Waals surface area (Å²) in [6.45, 7) is 2.23. The molecular weight excluding hydrogens is 332 g/mol. The lowest BCUT2D eigenvalue weighted by Crippen LogP contribution is -2.52. The first-order valence-corrected chi connectivity index (χ1v) is 10.5. The Hall–Kier alpha value is -2.13. The Kier molecular flexibility index (Phi) is 4.48. The molecule has 2 heterocycles. The van der Waals surface area contributed by atoms with E-state index in [0.717, 1.165) is 32.4 Å². The molecule has 2 aliphatic heterocycles. The molecule has 5 rings (SSSR count). The van der Waals surface area contributed by atoms with Gasteiger partial charge >= 0.3 is 0 Å². The van der Waals surface area contributed by atoms with Crippen LogP contribution in [0.3, 0.4) is 0 Å². The fraction of sp³-hybridized carbons (Fsp3) is 0.458. The molecule has 0 saturated carbocycles. The van der Waals surface area contributed by atoms with E-state index in [2.05, 4.69) is 58.3 Å². The fourth-order valence-corrected chi connectivity index (χ4v) is 5.35. The van der Waals surface area contributed by atoms with E-state index >= 15 is 0 Å². The minimum atomic E-state index is 0.318. The van der Waals surface area contributed by atoms with Crippen molar-refractivity contribution in [1.82, 2.24) is 4.90 Å². The molecule has 0 aromatic heterocycles. The Morgan fingerprint density at radius 3 is 2.22 bits per heavy atom. The van der Waals surface area contributed by atoms with E-state index in [-0.39, 0.29) is 0 Å². The third-order valence-electron chi connectivity index (χ3n) is 6.83. The summed E-state index contributed by atoms with van der Waals surface area (Å²) in [6.07, 6.45) is 7.41. The van der Waals surface area contributed by atoms with Gasteiger partial charge in [0.2, 0.25) is 5.91 Å². The quantitative estimate of drug-likeness (QED) is 0.808. The summed E-state index contributed by atoms with van der Waals surface area (Å²) in [7, 11) is 0. The minimum Gasteiger partial charge on any atom is -0.309 e. The van der Waals surface area contributed by atoms with E-state index in [1.54, 1.807) is 5.56 Å². The lowest BCUT2D eigenvalue weighted by molar-refractivity contribution is -0.119. The predicted molar refractivity (Wildman–Crippen MR) is 109 cm³/mol. The number of piperidine rings is 1. The molecular formula is C24H28N2O. The topological polar surface area (TPSA) is 23.6 Å². The highest BCUT2D eigenvalue weighted by molar-refractivity contribution is 5.97. The fourth-order valence-electron chi connectivity index (χ4n) is 5.35. The van der Waals surface area contributed by atoms with Crippen LogP contribution in [0.4, 0.5) is 5.69 Å². The lowest BCUT2D eigenvalue weighted by Gasteiger charge is -2.44. The molecule has 1 saturated heterocycles. The van der Waals surface area contributed by atoms with Crippen LogP contribution >= 0.6 is 0 Å². The summed E-state index contributed by atoms with van der Waals surface area (Å²) in [4.78, 5) is 17.5. The third kappa shape index (κ3) is 3.19. The number of fused-ring (bicyclic) bond motifs is 2. The molecule has 3 heteroatoms. The summed E-state index contributed by atoms with van der Waals surface area (Å²) in [5, 5.41) is 0. The molecule has 0 radical (unpaired) electrons. The molecule has 2 aromatic rings. The highest BCUT2D eigenvalue weighted by atomic mass is 16.2. The van der Waals surface area contributed by atoms with Crippen molar-refractivity contribution >= 4 is 11.6 Å². The number of rotatable bonds is 2. The van der Waals surface area contributed by atoms with Gasteiger partial charge in [0.05, 0.1) is 0 Å². The number of carbonyl (C=O) groups is 1. The number of anilines is 1. The van der Waals surface area contributed by atoms with Crippen LogP contribution in [0.25, 0.3) is 0 Å². The van der Waals surface area contributed by atoms with Crippen LogP contribution in [0, 0.1) is 0 Å². The first-order chi connectivity index (χ1) is 13.3. The number of likely N-dealkylation sites (tertiary alicyclic amines) is 1. The maximum Gasteiger partial charge on any atom is 0.227 e. The van der Waals surface area contributed by atoms with Crippen molar-refractivity contribution in [3.63, 3.8) is 0 Å². The maximum atomic E-state index is 12.7. The molecule has 0 spiro atoms. The van der Waals surface area contributed by atoms with Gasteiger partial charge in [0.25, 0.3) is 0 Å². The Morgan fingerprint density at radius 2 is 1.41 bits per heavy atom. The number of aryl methyl sites for hydroxylation is 2. The second-order valence-corrected chi connectivity index (χ2v) is 8.32. The molecule has 3 nitrogen and oxygen atoms in total.